The minimum absolute atomic E-state index is 0.00127. The smallest absolute Gasteiger partial charge is 0.270 e. The van der Waals surface area contributed by atoms with Gasteiger partial charge in [0.1, 0.15) is 0 Å². The number of benzene rings is 2. The number of hydrogen-bond donors (Lipinski definition) is 2. The average Bonchev–Trinajstić information content (AvgIpc) is 3.34. The van der Waals surface area contributed by atoms with Gasteiger partial charge in [0.25, 0.3) is 11.6 Å². The van der Waals surface area contributed by atoms with E-state index in [-0.39, 0.29) is 16.7 Å². The Balaban J connectivity index is 1.80. The van der Waals surface area contributed by atoms with Gasteiger partial charge in [-0.15, -0.1) is 0 Å². The Hall–Kier alpha value is -2.60. The maximum absolute atomic E-state index is 11.6. The predicted octanol–water partition coefficient (Wildman–Crippen LogP) is 3.49. The van der Waals surface area contributed by atoms with Crippen LogP contribution in [0, 0.1) is 10.1 Å². The first-order valence-electron chi connectivity index (χ1n) is 7.49. The number of halogens is 1. The van der Waals surface area contributed by atoms with Crippen LogP contribution in [0.4, 0.5) is 11.4 Å². The number of amides is 1. The fourth-order valence-corrected chi connectivity index (χ4v) is 2.92. The van der Waals surface area contributed by atoms with E-state index in [1.54, 1.807) is 0 Å². The van der Waals surface area contributed by atoms with Crippen molar-refractivity contribution in [2.24, 2.45) is 5.73 Å². The third kappa shape index (κ3) is 3.19. The van der Waals surface area contributed by atoms with Gasteiger partial charge in [0, 0.05) is 34.8 Å². The van der Waals surface area contributed by atoms with Crippen LogP contribution in [0.5, 0.6) is 0 Å². The molecule has 7 heteroatoms. The number of carbonyl (C=O) groups is 1. The average molecular weight is 346 g/mol. The molecule has 124 valence electrons. The molecular formula is C17H16ClN3O3. The lowest BCUT2D eigenvalue weighted by Gasteiger charge is -2.18. The van der Waals surface area contributed by atoms with Gasteiger partial charge in [-0.05, 0) is 36.6 Å². The Morgan fingerprint density at radius 2 is 1.92 bits per heavy atom. The van der Waals surface area contributed by atoms with Crippen LogP contribution >= 0.6 is 11.6 Å². The second kappa shape index (κ2) is 6.13. The third-order valence-electron chi connectivity index (χ3n) is 4.41. The molecule has 0 spiro atoms. The molecule has 6 nitrogen and oxygen atoms in total. The van der Waals surface area contributed by atoms with E-state index in [1.165, 1.54) is 23.8 Å². The molecule has 0 saturated heterocycles. The number of carbonyl (C=O) groups excluding carboxylic acids is 1. The number of primary amides is 1. The minimum Gasteiger partial charge on any atom is -0.383 e. The van der Waals surface area contributed by atoms with Crippen molar-refractivity contribution in [2.45, 2.75) is 18.3 Å². The number of nitro benzene ring substituents is 1. The lowest BCUT2D eigenvalue weighted by molar-refractivity contribution is -0.384. The third-order valence-corrected chi connectivity index (χ3v) is 4.66. The summed E-state index contributed by atoms with van der Waals surface area (Å²) >= 11 is 5.93. The molecule has 1 saturated carbocycles. The van der Waals surface area contributed by atoms with Crippen molar-refractivity contribution >= 4 is 28.9 Å². The van der Waals surface area contributed by atoms with Crippen molar-refractivity contribution in [3.8, 4) is 0 Å². The van der Waals surface area contributed by atoms with Gasteiger partial charge >= 0.3 is 0 Å². The summed E-state index contributed by atoms with van der Waals surface area (Å²) in [5.74, 6) is -0.697. The largest absolute Gasteiger partial charge is 0.383 e. The van der Waals surface area contributed by atoms with E-state index >= 15 is 0 Å². The van der Waals surface area contributed by atoms with Gasteiger partial charge < -0.3 is 11.1 Å². The molecule has 0 radical (unpaired) electrons. The molecule has 0 bridgehead atoms. The molecule has 0 aromatic heterocycles. The molecule has 1 aliphatic rings. The van der Waals surface area contributed by atoms with Crippen LogP contribution in [0.3, 0.4) is 0 Å². The summed E-state index contributed by atoms with van der Waals surface area (Å²) in [6.07, 6.45) is 2.06. The van der Waals surface area contributed by atoms with Crippen LogP contribution < -0.4 is 11.1 Å². The monoisotopic (exact) mass is 345 g/mol. The Kier molecular flexibility index (Phi) is 4.15. The second-order valence-corrected chi connectivity index (χ2v) is 6.43. The molecule has 2 aromatic carbocycles. The minimum atomic E-state index is -0.697. The van der Waals surface area contributed by atoms with E-state index in [1.807, 2.05) is 24.3 Å². The Morgan fingerprint density at radius 1 is 1.25 bits per heavy atom. The molecule has 2 aromatic rings. The van der Waals surface area contributed by atoms with Crippen molar-refractivity contribution in [3.05, 3.63) is 68.7 Å². The van der Waals surface area contributed by atoms with Crippen molar-refractivity contribution in [3.63, 3.8) is 0 Å². The summed E-state index contributed by atoms with van der Waals surface area (Å²) in [5.41, 5.74) is 7.00. The quantitative estimate of drug-likeness (QED) is 0.618. The number of rotatable bonds is 6. The topological polar surface area (TPSA) is 98.3 Å². The summed E-state index contributed by atoms with van der Waals surface area (Å²) in [6.45, 7) is 0.618. The number of nitro groups is 1. The molecule has 1 amide bonds. The van der Waals surface area contributed by atoms with Crippen LogP contribution in [-0.2, 0) is 5.41 Å². The maximum Gasteiger partial charge on any atom is 0.270 e. The van der Waals surface area contributed by atoms with Gasteiger partial charge in [-0.25, -0.2) is 0 Å². The molecule has 0 aliphatic heterocycles. The van der Waals surface area contributed by atoms with Crippen LogP contribution in [0.25, 0.3) is 0 Å². The second-order valence-electron chi connectivity index (χ2n) is 5.99. The van der Waals surface area contributed by atoms with Gasteiger partial charge in [0.05, 0.1) is 10.5 Å². The molecule has 1 aliphatic carbocycles. The molecular weight excluding hydrogens is 330 g/mol. The Bertz CT molecular complexity index is 801. The van der Waals surface area contributed by atoms with Crippen molar-refractivity contribution in [2.75, 3.05) is 11.9 Å². The number of anilines is 1. The molecule has 1 fully saturated rings. The van der Waals surface area contributed by atoms with Crippen molar-refractivity contribution in [1.82, 2.24) is 0 Å². The van der Waals surface area contributed by atoms with Crippen LogP contribution in [-0.4, -0.2) is 17.4 Å². The number of nitrogens with zero attached hydrogens (tertiary/aromatic N) is 1. The summed E-state index contributed by atoms with van der Waals surface area (Å²) < 4.78 is 0. The lowest BCUT2D eigenvalue weighted by atomic mass is 9.95. The van der Waals surface area contributed by atoms with E-state index in [0.717, 1.165) is 12.8 Å². The van der Waals surface area contributed by atoms with Gasteiger partial charge in [-0.2, -0.15) is 0 Å². The van der Waals surface area contributed by atoms with Gasteiger partial charge in [-0.1, -0.05) is 23.7 Å². The Labute approximate surface area is 143 Å². The van der Waals surface area contributed by atoms with Crippen molar-refractivity contribution < 1.29 is 9.72 Å². The summed E-state index contributed by atoms with van der Waals surface area (Å²) in [4.78, 5) is 21.9. The van der Waals surface area contributed by atoms with E-state index in [0.29, 0.717) is 17.3 Å². The van der Waals surface area contributed by atoms with Crippen LogP contribution in [0.1, 0.15) is 28.8 Å². The molecule has 3 N–H and O–H groups in total. The highest BCUT2D eigenvalue weighted by molar-refractivity contribution is 6.30. The summed E-state index contributed by atoms with van der Waals surface area (Å²) in [7, 11) is 0. The highest BCUT2D eigenvalue weighted by atomic mass is 35.5. The van der Waals surface area contributed by atoms with E-state index < -0.39 is 10.8 Å². The highest BCUT2D eigenvalue weighted by Crippen LogP contribution is 2.48. The SMILES string of the molecule is NC(=O)c1cc([N+](=O)[O-])ccc1NCC1(c2ccc(Cl)cc2)CC1. The van der Waals surface area contributed by atoms with Crippen LogP contribution in [0.2, 0.25) is 5.02 Å². The van der Waals surface area contributed by atoms with Gasteiger partial charge in [0.15, 0.2) is 0 Å². The molecule has 0 atom stereocenters. The number of nitrogens with two attached hydrogens (primary N) is 1. The maximum atomic E-state index is 11.6. The normalized spacial score (nSPS) is 14.9. The molecule has 0 unspecified atom stereocenters. The van der Waals surface area contributed by atoms with E-state index in [4.69, 9.17) is 17.3 Å². The molecule has 24 heavy (non-hydrogen) atoms. The lowest BCUT2D eigenvalue weighted by Crippen LogP contribution is -2.22. The first-order chi connectivity index (χ1) is 11.4. The predicted molar refractivity (Wildman–Crippen MR) is 92.5 cm³/mol. The highest BCUT2D eigenvalue weighted by Gasteiger charge is 2.44. The zero-order valence-electron chi connectivity index (χ0n) is 12.8. The number of nitrogens with one attached hydrogen (secondary N) is 1. The van der Waals surface area contributed by atoms with Crippen molar-refractivity contribution in [1.29, 1.82) is 0 Å². The summed E-state index contributed by atoms with van der Waals surface area (Å²) in [5, 5.41) is 14.8. The fourth-order valence-electron chi connectivity index (χ4n) is 2.79. The number of hydrogen-bond acceptors (Lipinski definition) is 4. The van der Waals surface area contributed by atoms with E-state index in [2.05, 4.69) is 5.32 Å². The Morgan fingerprint density at radius 3 is 2.46 bits per heavy atom. The molecule has 3 rings (SSSR count). The standard InChI is InChI=1S/C17H16ClN3O3/c18-12-3-1-11(2-4-12)17(7-8-17)10-20-15-6-5-13(21(23)24)9-14(15)16(19)22/h1-6,9,20H,7-8,10H2,(H2,19,22). The number of non-ortho nitro benzene ring substituents is 1. The fraction of sp³-hybridized carbons (Fsp3) is 0.235. The summed E-state index contributed by atoms with van der Waals surface area (Å²) in [6, 6.07) is 11.8. The molecule has 0 heterocycles. The zero-order valence-corrected chi connectivity index (χ0v) is 13.5. The van der Waals surface area contributed by atoms with Crippen LogP contribution in [0.15, 0.2) is 42.5 Å². The van der Waals surface area contributed by atoms with E-state index in [9.17, 15) is 14.9 Å². The van der Waals surface area contributed by atoms with Gasteiger partial charge in [-0.3, -0.25) is 14.9 Å². The van der Waals surface area contributed by atoms with Gasteiger partial charge in [0.2, 0.25) is 0 Å². The first kappa shape index (κ1) is 16.3. The first-order valence-corrected chi connectivity index (χ1v) is 7.87. The zero-order chi connectivity index (χ0) is 17.3.